The largest absolute Gasteiger partial charge is 0.514 e. The van der Waals surface area contributed by atoms with Gasteiger partial charge >= 0.3 is 24.2 Å². The van der Waals surface area contributed by atoms with E-state index in [1.165, 1.54) is 12.1 Å². The average Bonchev–Trinajstić information content (AvgIpc) is 2.71. The van der Waals surface area contributed by atoms with Crippen molar-refractivity contribution >= 4 is 24.2 Å². The van der Waals surface area contributed by atoms with Crippen LogP contribution in [0, 0.1) is 5.41 Å². The minimum absolute atomic E-state index is 0.00113. The average molecular weight is 568 g/mol. The summed E-state index contributed by atoms with van der Waals surface area (Å²) in [7, 11) is 0. The van der Waals surface area contributed by atoms with Gasteiger partial charge in [-0.05, 0) is 84.9 Å². The van der Waals surface area contributed by atoms with Crippen molar-refractivity contribution in [2.45, 2.75) is 118 Å². The summed E-state index contributed by atoms with van der Waals surface area (Å²) < 4.78 is 31.7. The molecule has 0 aromatic heterocycles. The van der Waals surface area contributed by atoms with Crippen LogP contribution in [0.15, 0.2) is 18.2 Å². The zero-order valence-electron chi connectivity index (χ0n) is 25.5. The zero-order valence-corrected chi connectivity index (χ0v) is 25.5. The van der Waals surface area contributed by atoms with E-state index in [1.807, 2.05) is 20.8 Å². The molecule has 0 fully saturated rings. The number of hydrogen-bond acceptors (Lipinski definition) is 11. The summed E-state index contributed by atoms with van der Waals surface area (Å²) in [6, 6.07) is 3.25. The second-order valence-corrected chi connectivity index (χ2v) is 12.8. The molecule has 0 saturated heterocycles. The molecule has 0 aliphatic carbocycles. The van der Waals surface area contributed by atoms with Gasteiger partial charge in [-0.1, -0.05) is 26.8 Å². The zero-order chi connectivity index (χ0) is 31.1. The number of nitrogens with two attached hydrogens (primary N) is 1. The maximum absolute atomic E-state index is 12.7. The monoisotopic (exact) mass is 567 g/mol. The third-order valence-electron chi connectivity index (χ3n) is 4.89. The standard InChI is InChI=1S/C29H45NO10/c1-17(35-23(31)16-27(3,4)5)18(2)36-24(32)20(30)14-19-12-13-21(37-25(33)39-28(6,7)8)22(15-19)38-26(34)40-29(9,10)11/h12-13,15,17-18,20H,14,16,30H2,1-11H3/t17?,18-,20-/m0/s1. The molecule has 226 valence electrons. The van der Waals surface area contributed by atoms with Gasteiger partial charge in [0.2, 0.25) is 0 Å². The van der Waals surface area contributed by atoms with E-state index < -0.39 is 53.7 Å². The topological polar surface area (TPSA) is 150 Å². The molecule has 40 heavy (non-hydrogen) atoms. The predicted octanol–water partition coefficient (Wildman–Crippen LogP) is 5.48. The molecule has 11 heteroatoms. The molecule has 0 saturated carbocycles. The van der Waals surface area contributed by atoms with Crippen molar-refractivity contribution in [1.29, 1.82) is 0 Å². The molecule has 11 nitrogen and oxygen atoms in total. The molecule has 1 aromatic carbocycles. The highest BCUT2D eigenvalue weighted by atomic mass is 16.8. The lowest BCUT2D eigenvalue weighted by Crippen LogP contribution is -2.39. The highest BCUT2D eigenvalue weighted by Gasteiger charge is 2.27. The van der Waals surface area contributed by atoms with Crippen LogP contribution in [0.2, 0.25) is 0 Å². The Balaban J connectivity index is 2.98. The molecule has 0 heterocycles. The summed E-state index contributed by atoms with van der Waals surface area (Å²) in [6.45, 7) is 19.0. The quantitative estimate of drug-likeness (QED) is 0.229. The Kier molecular flexibility index (Phi) is 12.0. The lowest BCUT2D eigenvalue weighted by molar-refractivity contribution is -0.167. The van der Waals surface area contributed by atoms with Crippen molar-refractivity contribution in [2.24, 2.45) is 11.1 Å². The molecule has 1 aromatic rings. The first kappa shape index (κ1) is 34.7. The van der Waals surface area contributed by atoms with Crippen molar-refractivity contribution in [2.75, 3.05) is 0 Å². The Morgan fingerprint density at radius 2 is 1.23 bits per heavy atom. The van der Waals surface area contributed by atoms with Gasteiger partial charge in [0.1, 0.15) is 29.5 Å². The summed E-state index contributed by atoms with van der Waals surface area (Å²) in [4.78, 5) is 49.3. The second kappa shape index (κ2) is 13.8. The first-order valence-corrected chi connectivity index (χ1v) is 13.1. The number of ether oxygens (including phenoxy) is 6. The molecule has 0 aliphatic heterocycles. The van der Waals surface area contributed by atoms with E-state index in [1.54, 1.807) is 61.5 Å². The maximum Gasteiger partial charge on any atom is 0.514 e. The fourth-order valence-corrected chi connectivity index (χ4v) is 3.05. The van der Waals surface area contributed by atoms with Crippen molar-refractivity contribution in [3.63, 3.8) is 0 Å². The van der Waals surface area contributed by atoms with Crippen LogP contribution in [0.3, 0.4) is 0 Å². The third-order valence-corrected chi connectivity index (χ3v) is 4.89. The van der Waals surface area contributed by atoms with Gasteiger partial charge in [-0.25, -0.2) is 9.59 Å². The molecule has 0 amide bonds. The van der Waals surface area contributed by atoms with Crippen LogP contribution < -0.4 is 15.2 Å². The second-order valence-electron chi connectivity index (χ2n) is 12.8. The van der Waals surface area contributed by atoms with Crippen molar-refractivity contribution in [3.05, 3.63) is 23.8 Å². The van der Waals surface area contributed by atoms with Crippen molar-refractivity contribution in [1.82, 2.24) is 0 Å². The molecule has 3 atom stereocenters. The van der Waals surface area contributed by atoms with E-state index in [0.29, 0.717) is 5.56 Å². The highest BCUT2D eigenvalue weighted by molar-refractivity contribution is 5.76. The molecule has 0 spiro atoms. The van der Waals surface area contributed by atoms with Gasteiger partial charge in [0.25, 0.3) is 0 Å². The number of esters is 2. The summed E-state index contributed by atoms with van der Waals surface area (Å²) in [5.74, 6) is -1.33. The normalized spacial score (nSPS) is 14.3. The van der Waals surface area contributed by atoms with E-state index >= 15 is 0 Å². The molecule has 2 N–H and O–H groups in total. The van der Waals surface area contributed by atoms with Crippen LogP contribution in [0.25, 0.3) is 0 Å². The van der Waals surface area contributed by atoms with Crippen LogP contribution in [0.4, 0.5) is 9.59 Å². The van der Waals surface area contributed by atoms with Gasteiger partial charge in [-0.2, -0.15) is 0 Å². The summed E-state index contributed by atoms with van der Waals surface area (Å²) in [5, 5.41) is 0. The predicted molar refractivity (Wildman–Crippen MR) is 147 cm³/mol. The number of carbonyl (C=O) groups is 4. The summed E-state index contributed by atoms with van der Waals surface area (Å²) >= 11 is 0. The first-order chi connectivity index (χ1) is 18.0. The summed E-state index contributed by atoms with van der Waals surface area (Å²) in [6.07, 6.45) is -3.21. The smallest absolute Gasteiger partial charge is 0.459 e. The molecule has 0 radical (unpaired) electrons. The number of rotatable bonds is 9. The molecular weight excluding hydrogens is 522 g/mol. The Morgan fingerprint density at radius 1 is 0.750 bits per heavy atom. The molecule has 1 rings (SSSR count). The van der Waals surface area contributed by atoms with E-state index in [9.17, 15) is 19.2 Å². The SMILES string of the molecule is CC(OC(=O)CC(C)(C)C)[C@H](C)OC(=O)[C@@H](N)Cc1ccc(OC(=O)OC(C)(C)C)c(OC(=O)OC(C)(C)C)c1. The highest BCUT2D eigenvalue weighted by Crippen LogP contribution is 2.31. The Bertz CT molecular complexity index is 1050. The van der Waals surface area contributed by atoms with Gasteiger partial charge in [0.05, 0.1) is 6.42 Å². The summed E-state index contributed by atoms with van der Waals surface area (Å²) in [5.41, 5.74) is 4.69. The molecule has 1 unspecified atom stereocenters. The van der Waals surface area contributed by atoms with Gasteiger partial charge in [0, 0.05) is 0 Å². The number of carbonyl (C=O) groups excluding carboxylic acids is 4. The van der Waals surface area contributed by atoms with E-state index in [4.69, 9.17) is 34.2 Å². The fourth-order valence-electron chi connectivity index (χ4n) is 3.05. The third kappa shape index (κ3) is 14.2. The van der Waals surface area contributed by atoms with E-state index in [2.05, 4.69) is 0 Å². The van der Waals surface area contributed by atoms with Gasteiger partial charge < -0.3 is 34.2 Å². The molecule has 0 aliphatic rings. The van der Waals surface area contributed by atoms with Crippen LogP contribution >= 0.6 is 0 Å². The van der Waals surface area contributed by atoms with Crippen LogP contribution in [-0.2, 0) is 35.0 Å². The Hall–Kier alpha value is -3.34. The minimum Gasteiger partial charge on any atom is -0.459 e. The number of hydrogen-bond donors (Lipinski definition) is 1. The fraction of sp³-hybridized carbons (Fsp3) is 0.655. The first-order valence-electron chi connectivity index (χ1n) is 13.1. The molecule has 0 bridgehead atoms. The number of benzene rings is 1. The molecular formula is C29H45NO10. The Labute approximate surface area is 236 Å². The minimum atomic E-state index is -1.09. The van der Waals surface area contributed by atoms with E-state index in [0.717, 1.165) is 0 Å². The van der Waals surface area contributed by atoms with Crippen LogP contribution in [0.1, 0.15) is 88.1 Å². The van der Waals surface area contributed by atoms with Gasteiger partial charge in [-0.15, -0.1) is 0 Å². The van der Waals surface area contributed by atoms with E-state index in [-0.39, 0.29) is 29.8 Å². The van der Waals surface area contributed by atoms with Crippen LogP contribution in [-0.4, -0.2) is 53.7 Å². The lowest BCUT2D eigenvalue weighted by Gasteiger charge is -2.24. The maximum atomic E-state index is 12.7. The Morgan fingerprint density at radius 3 is 1.70 bits per heavy atom. The van der Waals surface area contributed by atoms with Gasteiger partial charge in [-0.3, -0.25) is 9.59 Å². The van der Waals surface area contributed by atoms with Crippen LogP contribution in [0.5, 0.6) is 11.5 Å². The van der Waals surface area contributed by atoms with Gasteiger partial charge in [0.15, 0.2) is 11.5 Å². The lowest BCUT2D eigenvalue weighted by atomic mass is 9.92. The van der Waals surface area contributed by atoms with Crippen molar-refractivity contribution < 1.29 is 47.6 Å². The van der Waals surface area contributed by atoms with Crippen molar-refractivity contribution in [3.8, 4) is 11.5 Å².